The molecule has 0 aliphatic rings. The van der Waals surface area contributed by atoms with Gasteiger partial charge in [0.15, 0.2) is 5.65 Å². The van der Waals surface area contributed by atoms with Crippen LogP contribution in [0.3, 0.4) is 0 Å². The number of nitrogens with zero attached hydrogens (tertiary/aromatic N) is 3. The summed E-state index contributed by atoms with van der Waals surface area (Å²) in [5.74, 6) is 0. The SMILES string of the molecule is Nc1cnc2c(cnn2-c2cccc(C(F)(F)F)c2)c1. The van der Waals surface area contributed by atoms with Gasteiger partial charge >= 0.3 is 6.18 Å². The van der Waals surface area contributed by atoms with E-state index in [1.165, 1.54) is 23.1 Å². The van der Waals surface area contributed by atoms with Crippen LogP contribution in [0.2, 0.25) is 0 Å². The Labute approximate surface area is 111 Å². The zero-order chi connectivity index (χ0) is 14.3. The molecule has 0 radical (unpaired) electrons. The monoisotopic (exact) mass is 278 g/mol. The minimum atomic E-state index is -4.39. The molecule has 3 aromatic rings. The molecule has 0 aliphatic carbocycles. The molecule has 4 nitrogen and oxygen atoms in total. The molecule has 1 aromatic carbocycles. The smallest absolute Gasteiger partial charge is 0.397 e. The van der Waals surface area contributed by atoms with Gasteiger partial charge in [-0.2, -0.15) is 18.3 Å². The number of pyridine rings is 1. The van der Waals surface area contributed by atoms with E-state index in [0.29, 0.717) is 22.4 Å². The predicted octanol–water partition coefficient (Wildman–Crippen LogP) is 3.02. The lowest BCUT2D eigenvalue weighted by Crippen LogP contribution is -2.06. The van der Waals surface area contributed by atoms with Crippen molar-refractivity contribution < 1.29 is 13.2 Å². The minimum absolute atomic E-state index is 0.298. The van der Waals surface area contributed by atoms with Crippen molar-refractivity contribution in [3.8, 4) is 5.69 Å². The molecule has 0 unspecified atom stereocenters. The summed E-state index contributed by atoms with van der Waals surface area (Å²) in [5, 5.41) is 4.73. The Hall–Kier alpha value is -2.57. The zero-order valence-electron chi connectivity index (χ0n) is 10.1. The Kier molecular flexibility index (Phi) is 2.63. The van der Waals surface area contributed by atoms with Gasteiger partial charge in [-0.05, 0) is 24.3 Å². The number of anilines is 1. The number of nitrogens with two attached hydrogens (primary N) is 1. The van der Waals surface area contributed by atoms with Crippen LogP contribution >= 0.6 is 0 Å². The van der Waals surface area contributed by atoms with Crippen molar-refractivity contribution in [3.05, 3.63) is 48.3 Å². The molecule has 0 saturated carbocycles. The highest BCUT2D eigenvalue weighted by Gasteiger charge is 2.30. The lowest BCUT2D eigenvalue weighted by Gasteiger charge is -2.09. The van der Waals surface area contributed by atoms with E-state index in [9.17, 15) is 13.2 Å². The normalized spacial score (nSPS) is 11.9. The van der Waals surface area contributed by atoms with Crippen LogP contribution < -0.4 is 5.73 Å². The largest absolute Gasteiger partial charge is 0.416 e. The molecular weight excluding hydrogens is 269 g/mol. The highest BCUT2D eigenvalue weighted by molar-refractivity contribution is 5.79. The molecule has 2 N–H and O–H groups in total. The van der Waals surface area contributed by atoms with Gasteiger partial charge in [-0.15, -0.1) is 0 Å². The van der Waals surface area contributed by atoms with Gasteiger partial charge in [0.25, 0.3) is 0 Å². The van der Waals surface area contributed by atoms with Gasteiger partial charge in [-0.25, -0.2) is 9.67 Å². The summed E-state index contributed by atoms with van der Waals surface area (Å²) < 4.78 is 39.5. The first-order chi connectivity index (χ1) is 9.45. The third-order valence-electron chi connectivity index (χ3n) is 2.85. The predicted molar refractivity (Wildman–Crippen MR) is 68.3 cm³/mol. The molecule has 0 aliphatic heterocycles. The van der Waals surface area contributed by atoms with E-state index in [1.54, 1.807) is 12.1 Å². The Morgan fingerprint density at radius 2 is 1.90 bits per heavy atom. The second-order valence-corrected chi connectivity index (χ2v) is 4.29. The van der Waals surface area contributed by atoms with E-state index in [0.717, 1.165) is 12.1 Å². The van der Waals surface area contributed by atoms with Gasteiger partial charge < -0.3 is 5.73 Å². The van der Waals surface area contributed by atoms with Gasteiger partial charge in [-0.1, -0.05) is 6.07 Å². The van der Waals surface area contributed by atoms with Gasteiger partial charge in [0.1, 0.15) is 0 Å². The molecule has 0 amide bonds. The number of nitrogen functional groups attached to an aromatic ring is 1. The van der Waals surface area contributed by atoms with Crippen molar-refractivity contribution in [3.63, 3.8) is 0 Å². The van der Waals surface area contributed by atoms with Crippen molar-refractivity contribution in [1.29, 1.82) is 0 Å². The number of alkyl halides is 3. The van der Waals surface area contributed by atoms with Gasteiger partial charge in [-0.3, -0.25) is 0 Å². The van der Waals surface area contributed by atoms with Crippen LogP contribution in [0.5, 0.6) is 0 Å². The first-order valence-electron chi connectivity index (χ1n) is 5.72. The number of aromatic nitrogens is 3. The highest BCUT2D eigenvalue weighted by atomic mass is 19.4. The van der Waals surface area contributed by atoms with Crippen molar-refractivity contribution >= 4 is 16.7 Å². The van der Waals surface area contributed by atoms with Crippen LogP contribution in [0.4, 0.5) is 18.9 Å². The maximum atomic E-state index is 12.7. The molecule has 0 spiro atoms. The summed E-state index contributed by atoms with van der Waals surface area (Å²) in [6, 6.07) is 6.59. The number of hydrogen-bond acceptors (Lipinski definition) is 3. The molecule has 0 fully saturated rings. The van der Waals surface area contributed by atoms with Gasteiger partial charge in [0.2, 0.25) is 0 Å². The Bertz CT molecular complexity index is 777. The van der Waals surface area contributed by atoms with E-state index >= 15 is 0 Å². The molecular formula is C13H9F3N4. The fourth-order valence-electron chi connectivity index (χ4n) is 1.94. The van der Waals surface area contributed by atoms with E-state index in [2.05, 4.69) is 10.1 Å². The van der Waals surface area contributed by atoms with Crippen molar-refractivity contribution in [1.82, 2.24) is 14.8 Å². The molecule has 20 heavy (non-hydrogen) atoms. The van der Waals surface area contributed by atoms with E-state index in [4.69, 9.17) is 5.73 Å². The summed E-state index contributed by atoms with van der Waals surface area (Å²) in [6.45, 7) is 0. The maximum absolute atomic E-state index is 12.7. The number of benzene rings is 1. The Morgan fingerprint density at radius 1 is 1.10 bits per heavy atom. The molecule has 3 rings (SSSR count). The summed E-state index contributed by atoms with van der Waals surface area (Å²) in [5.41, 5.74) is 6.11. The fourth-order valence-corrected chi connectivity index (χ4v) is 1.94. The Balaban J connectivity index is 2.16. The number of hydrogen-bond donors (Lipinski definition) is 1. The maximum Gasteiger partial charge on any atom is 0.416 e. The van der Waals surface area contributed by atoms with Crippen LogP contribution in [0.1, 0.15) is 5.56 Å². The minimum Gasteiger partial charge on any atom is -0.397 e. The second-order valence-electron chi connectivity index (χ2n) is 4.29. The van der Waals surface area contributed by atoms with E-state index < -0.39 is 11.7 Å². The van der Waals surface area contributed by atoms with Crippen LogP contribution in [0.25, 0.3) is 16.7 Å². The average molecular weight is 278 g/mol. The van der Waals surface area contributed by atoms with E-state index in [-0.39, 0.29) is 0 Å². The number of halogens is 3. The van der Waals surface area contributed by atoms with Crippen LogP contribution in [-0.2, 0) is 6.18 Å². The topological polar surface area (TPSA) is 56.7 Å². The van der Waals surface area contributed by atoms with Crippen molar-refractivity contribution in [2.75, 3.05) is 5.73 Å². The second kappa shape index (κ2) is 4.22. The lowest BCUT2D eigenvalue weighted by molar-refractivity contribution is -0.137. The lowest BCUT2D eigenvalue weighted by atomic mass is 10.2. The Morgan fingerprint density at radius 3 is 2.65 bits per heavy atom. The summed E-state index contributed by atoms with van der Waals surface area (Å²) in [7, 11) is 0. The van der Waals surface area contributed by atoms with Crippen molar-refractivity contribution in [2.45, 2.75) is 6.18 Å². The van der Waals surface area contributed by atoms with Crippen molar-refractivity contribution in [2.24, 2.45) is 0 Å². The summed E-state index contributed by atoms with van der Waals surface area (Å²) >= 11 is 0. The van der Waals surface area contributed by atoms with Crippen LogP contribution in [0.15, 0.2) is 42.7 Å². The van der Waals surface area contributed by atoms with Gasteiger partial charge in [0, 0.05) is 5.39 Å². The molecule has 2 aromatic heterocycles. The average Bonchev–Trinajstić information content (AvgIpc) is 2.80. The molecule has 102 valence electrons. The first kappa shape index (κ1) is 12.5. The summed E-state index contributed by atoms with van der Waals surface area (Å²) in [4.78, 5) is 4.10. The third-order valence-corrected chi connectivity index (χ3v) is 2.85. The highest BCUT2D eigenvalue weighted by Crippen LogP contribution is 2.30. The third kappa shape index (κ3) is 2.07. The first-order valence-corrected chi connectivity index (χ1v) is 5.72. The van der Waals surface area contributed by atoms with Crippen LogP contribution in [0, 0.1) is 0 Å². The quantitative estimate of drug-likeness (QED) is 0.744. The van der Waals surface area contributed by atoms with E-state index in [1.807, 2.05) is 0 Å². The number of fused-ring (bicyclic) bond motifs is 1. The molecule has 7 heteroatoms. The molecule has 0 bridgehead atoms. The standard InChI is InChI=1S/C13H9F3N4/c14-13(15,16)9-2-1-3-11(5-9)20-12-8(6-19-20)4-10(17)7-18-12/h1-7H,17H2. The molecule has 2 heterocycles. The molecule has 0 saturated heterocycles. The van der Waals surface area contributed by atoms with Crippen LogP contribution in [-0.4, -0.2) is 14.8 Å². The number of rotatable bonds is 1. The zero-order valence-corrected chi connectivity index (χ0v) is 10.1. The fraction of sp³-hybridized carbons (Fsp3) is 0.0769. The van der Waals surface area contributed by atoms with Gasteiger partial charge in [0.05, 0.1) is 29.3 Å². The molecule has 0 atom stereocenters. The summed E-state index contributed by atoms with van der Waals surface area (Å²) in [6.07, 6.45) is -1.44.